The molecule has 26 heavy (non-hydrogen) atoms. The summed E-state index contributed by atoms with van der Waals surface area (Å²) in [6, 6.07) is 6.70. The van der Waals surface area contributed by atoms with E-state index in [-0.39, 0.29) is 16.6 Å². The minimum Gasteiger partial charge on any atom is -0.399 e. The van der Waals surface area contributed by atoms with Gasteiger partial charge in [-0.05, 0) is 45.3 Å². The third-order valence-electron chi connectivity index (χ3n) is 5.02. The molecule has 1 saturated heterocycles. The molecule has 1 aromatic rings. The highest BCUT2D eigenvalue weighted by Crippen LogP contribution is 2.36. The van der Waals surface area contributed by atoms with Crippen molar-refractivity contribution in [1.82, 2.24) is 0 Å². The van der Waals surface area contributed by atoms with Gasteiger partial charge < -0.3 is 18.8 Å². The molecule has 1 aromatic carbocycles. The van der Waals surface area contributed by atoms with Crippen molar-refractivity contribution in [3.63, 3.8) is 0 Å². The second-order valence-electron chi connectivity index (χ2n) is 7.72. The topological polar surface area (TPSA) is 71.1 Å². The molecule has 0 unspecified atom stereocenters. The van der Waals surface area contributed by atoms with Crippen molar-refractivity contribution < 1.29 is 27.2 Å². The molecule has 2 rings (SSSR count). The molecule has 0 aromatic heterocycles. The molecule has 0 radical (unpaired) electrons. The zero-order valence-corrected chi connectivity index (χ0v) is 17.3. The van der Waals surface area contributed by atoms with Gasteiger partial charge in [-0.3, -0.25) is 0 Å². The molecule has 8 heteroatoms. The molecule has 0 N–H and O–H groups in total. The van der Waals surface area contributed by atoms with E-state index in [1.807, 2.05) is 27.7 Å². The Morgan fingerprint density at radius 1 is 0.962 bits per heavy atom. The van der Waals surface area contributed by atoms with E-state index in [4.69, 9.17) is 18.8 Å². The Bertz CT molecular complexity index is 677. The zero-order chi connectivity index (χ0) is 19.6. The van der Waals surface area contributed by atoms with Gasteiger partial charge in [0.2, 0.25) is 0 Å². The molecule has 0 saturated carbocycles. The summed E-state index contributed by atoms with van der Waals surface area (Å²) in [5, 5.41) is 0. The third-order valence-corrected chi connectivity index (χ3v) is 6.93. The second-order valence-corrected chi connectivity index (χ2v) is 9.75. The fraction of sp³-hybridized carbons (Fsp3) is 0.667. The first-order chi connectivity index (χ1) is 12.0. The van der Waals surface area contributed by atoms with E-state index in [0.717, 1.165) is 5.46 Å². The number of methoxy groups -OCH3 is 2. The minimum atomic E-state index is -3.43. The number of rotatable bonds is 8. The predicted octanol–water partition coefficient (Wildman–Crippen LogP) is 1.67. The Hall–Kier alpha value is -0.925. The lowest BCUT2D eigenvalue weighted by Gasteiger charge is -2.32. The molecule has 0 amide bonds. The van der Waals surface area contributed by atoms with Crippen LogP contribution in [0.4, 0.5) is 0 Å². The Morgan fingerprint density at radius 2 is 1.42 bits per heavy atom. The average Bonchev–Trinajstić information content (AvgIpc) is 2.76. The monoisotopic (exact) mass is 384 g/mol. The molecular formula is C18H29BO6S. The van der Waals surface area contributed by atoms with Gasteiger partial charge in [0.15, 0.2) is 9.84 Å². The molecule has 0 aliphatic carbocycles. The Labute approximate surface area is 157 Å². The quantitative estimate of drug-likeness (QED) is 0.635. The van der Waals surface area contributed by atoms with Crippen molar-refractivity contribution in [2.45, 2.75) is 43.8 Å². The number of benzene rings is 1. The normalized spacial score (nSPS) is 19.3. The Balaban J connectivity index is 2.14. The highest BCUT2D eigenvalue weighted by atomic mass is 32.2. The number of hydrogen-bond acceptors (Lipinski definition) is 6. The maximum atomic E-state index is 12.7. The van der Waals surface area contributed by atoms with Crippen LogP contribution < -0.4 is 5.46 Å². The molecule has 0 bridgehead atoms. The SMILES string of the molecule is COCC(COC)CS(=O)(=O)c1ccc(B2OC(C)(C)C(C)(C)O2)cc1. The van der Waals surface area contributed by atoms with Crippen molar-refractivity contribution in [2.24, 2.45) is 5.92 Å². The van der Waals surface area contributed by atoms with E-state index in [9.17, 15) is 8.42 Å². The summed E-state index contributed by atoms with van der Waals surface area (Å²) >= 11 is 0. The molecular weight excluding hydrogens is 355 g/mol. The first-order valence-corrected chi connectivity index (χ1v) is 10.3. The van der Waals surface area contributed by atoms with Crippen LogP contribution in [0.2, 0.25) is 0 Å². The summed E-state index contributed by atoms with van der Waals surface area (Å²) < 4.78 is 47.5. The number of sulfone groups is 1. The van der Waals surface area contributed by atoms with Gasteiger partial charge in [-0.25, -0.2) is 8.42 Å². The molecule has 1 fully saturated rings. The van der Waals surface area contributed by atoms with Crippen LogP contribution in [0.5, 0.6) is 0 Å². The average molecular weight is 384 g/mol. The van der Waals surface area contributed by atoms with E-state index in [1.165, 1.54) is 0 Å². The summed E-state index contributed by atoms with van der Waals surface area (Å²) in [6.45, 7) is 8.60. The minimum absolute atomic E-state index is 0.0233. The summed E-state index contributed by atoms with van der Waals surface area (Å²) in [5.74, 6) is -0.234. The standard InChI is InChI=1S/C18H29BO6S/c1-17(2)18(3,4)25-19(24-17)15-7-9-16(10-8-15)26(20,21)13-14(11-22-5)12-23-6/h7-10,14H,11-13H2,1-6H3. The Kier molecular flexibility index (Phi) is 6.56. The van der Waals surface area contributed by atoms with Gasteiger partial charge in [0, 0.05) is 20.1 Å². The smallest absolute Gasteiger partial charge is 0.399 e. The van der Waals surface area contributed by atoms with Crippen molar-refractivity contribution in [3.8, 4) is 0 Å². The lowest BCUT2D eigenvalue weighted by molar-refractivity contribution is 0.00578. The first-order valence-electron chi connectivity index (χ1n) is 8.68. The fourth-order valence-corrected chi connectivity index (χ4v) is 4.39. The van der Waals surface area contributed by atoms with E-state index in [2.05, 4.69) is 0 Å². The maximum Gasteiger partial charge on any atom is 0.494 e. The van der Waals surface area contributed by atoms with E-state index >= 15 is 0 Å². The highest BCUT2D eigenvalue weighted by molar-refractivity contribution is 7.91. The lowest BCUT2D eigenvalue weighted by atomic mass is 9.79. The van der Waals surface area contributed by atoms with Gasteiger partial charge in [-0.2, -0.15) is 0 Å². The molecule has 0 atom stereocenters. The Morgan fingerprint density at radius 3 is 1.85 bits per heavy atom. The summed E-state index contributed by atoms with van der Waals surface area (Å²) in [5.41, 5.74) is -0.0702. The van der Waals surface area contributed by atoms with Gasteiger partial charge in [0.05, 0.1) is 35.1 Å². The molecule has 1 heterocycles. The summed E-state index contributed by atoms with van der Waals surface area (Å²) in [4.78, 5) is 0.273. The lowest BCUT2D eigenvalue weighted by Crippen LogP contribution is -2.41. The van der Waals surface area contributed by atoms with Crippen LogP contribution in [0.25, 0.3) is 0 Å². The van der Waals surface area contributed by atoms with Gasteiger partial charge >= 0.3 is 7.12 Å². The van der Waals surface area contributed by atoms with Crippen molar-refractivity contribution >= 4 is 22.4 Å². The van der Waals surface area contributed by atoms with Crippen molar-refractivity contribution in [3.05, 3.63) is 24.3 Å². The van der Waals surface area contributed by atoms with Crippen LogP contribution in [-0.2, 0) is 28.6 Å². The van der Waals surface area contributed by atoms with Crippen LogP contribution in [0.3, 0.4) is 0 Å². The molecule has 0 spiro atoms. The number of ether oxygens (including phenoxy) is 2. The number of hydrogen-bond donors (Lipinski definition) is 0. The van der Waals surface area contributed by atoms with Crippen molar-refractivity contribution in [2.75, 3.05) is 33.2 Å². The van der Waals surface area contributed by atoms with Crippen LogP contribution in [0.15, 0.2) is 29.2 Å². The molecule has 1 aliphatic heterocycles. The highest BCUT2D eigenvalue weighted by Gasteiger charge is 2.51. The van der Waals surface area contributed by atoms with Crippen LogP contribution in [0.1, 0.15) is 27.7 Å². The van der Waals surface area contributed by atoms with Gasteiger partial charge in [0.25, 0.3) is 0 Å². The summed E-state index contributed by atoms with van der Waals surface area (Å²) in [6.07, 6.45) is 0. The summed E-state index contributed by atoms with van der Waals surface area (Å²) in [7, 11) is -0.839. The van der Waals surface area contributed by atoms with Crippen molar-refractivity contribution in [1.29, 1.82) is 0 Å². The molecule has 6 nitrogen and oxygen atoms in total. The molecule has 146 valence electrons. The van der Waals surface area contributed by atoms with Crippen LogP contribution >= 0.6 is 0 Å². The zero-order valence-electron chi connectivity index (χ0n) is 16.4. The fourth-order valence-electron chi connectivity index (χ4n) is 2.83. The predicted molar refractivity (Wildman–Crippen MR) is 101 cm³/mol. The van der Waals surface area contributed by atoms with Gasteiger partial charge in [-0.1, -0.05) is 12.1 Å². The molecule has 1 aliphatic rings. The van der Waals surface area contributed by atoms with E-state index in [1.54, 1.807) is 38.5 Å². The second kappa shape index (κ2) is 7.98. The largest absolute Gasteiger partial charge is 0.494 e. The van der Waals surface area contributed by atoms with Crippen LogP contribution in [0, 0.1) is 5.92 Å². The van der Waals surface area contributed by atoms with Crippen LogP contribution in [-0.4, -0.2) is 59.9 Å². The third kappa shape index (κ3) is 4.67. The maximum absolute atomic E-state index is 12.7. The van der Waals surface area contributed by atoms with E-state index in [0.29, 0.717) is 13.2 Å². The van der Waals surface area contributed by atoms with E-state index < -0.39 is 28.2 Å². The van der Waals surface area contributed by atoms with Gasteiger partial charge in [-0.15, -0.1) is 0 Å². The first kappa shape index (κ1) is 21.4. The van der Waals surface area contributed by atoms with Gasteiger partial charge in [0.1, 0.15) is 0 Å².